The van der Waals surface area contributed by atoms with Crippen molar-refractivity contribution in [2.75, 3.05) is 9.80 Å². The second-order valence-corrected chi connectivity index (χ2v) is 21.3. The molecule has 2 nitrogen and oxygen atoms in total. The molecule has 71 heavy (non-hydrogen) atoms. The zero-order valence-electron chi connectivity index (χ0n) is 38.4. The molecule has 0 unspecified atom stereocenters. The highest BCUT2D eigenvalue weighted by atomic mass is 32.1. The molecular formula is C66H42N2S3. The molecule has 5 heteroatoms. The van der Waals surface area contributed by atoms with Crippen molar-refractivity contribution in [3.8, 4) is 33.4 Å². The third kappa shape index (κ3) is 7.37. The fraction of sp³-hybridized carbons (Fsp3) is 0. The summed E-state index contributed by atoms with van der Waals surface area (Å²) in [6.07, 6.45) is 0. The Balaban J connectivity index is 0.975. The molecule has 0 aliphatic heterocycles. The molecule has 0 aliphatic carbocycles. The predicted octanol–water partition coefficient (Wildman–Crippen LogP) is 20.7. The first-order chi connectivity index (χ1) is 35.2. The van der Waals surface area contributed by atoms with E-state index in [0.717, 1.165) is 45.3 Å². The summed E-state index contributed by atoms with van der Waals surface area (Å²) < 4.78 is 7.70. The fourth-order valence-electron chi connectivity index (χ4n) is 10.5. The largest absolute Gasteiger partial charge is 0.310 e. The van der Waals surface area contributed by atoms with Crippen molar-refractivity contribution in [1.29, 1.82) is 0 Å². The van der Waals surface area contributed by atoms with Crippen molar-refractivity contribution >= 4 is 129 Å². The number of anilines is 6. The van der Waals surface area contributed by atoms with Crippen LogP contribution in [0, 0.1) is 0 Å². The van der Waals surface area contributed by atoms with Crippen molar-refractivity contribution < 1.29 is 0 Å². The molecule has 0 N–H and O–H groups in total. The Bertz CT molecular complexity index is 4150. The standard InChI is InChI=1S/C66H42N2S3/c1-4-15-43(16-5-1)44-17-14-18-45(37-44)46-27-35-63-58(38-46)59-39-47(28-36-64(59)69-63)53-32-29-50(40-60(53)68(48-19-6-2-7-20-48)49-21-8-3-9-22-49)67(51-30-33-56-54-23-10-12-25-61(54)70-65(56)41-51)52-31-34-57-55-24-11-13-26-62(55)71-66(57)42-52/h1-42H. The minimum Gasteiger partial charge on any atom is -0.310 e. The Labute approximate surface area is 423 Å². The summed E-state index contributed by atoms with van der Waals surface area (Å²) in [6, 6.07) is 93.9. The molecule has 0 aliphatic rings. The Morgan fingerprint density at radius 2 is 0.634 bits per heavy atom. The number of rotatable bonds is 9. The van der Waals surface area contributed by atoms with Crippen LogP contribution in [0.5, 0.6) is 0 Å². The highest BCUT2D eigenvalue weighted by Crippen LogP contribution is 2.49. The van der Waals surface area contributed by atoms with Crippen LogP contribution < -0.4 is 9.80 Å². The van der Waals surface area contributed by atoms with Gasteiger partial charge in [-0.15, -0.1) is 34.0 Å². The second kappa shape index (κ2) is 17.3. The van der Waals surface area contributed by atoms with Gasteiger partial charge in [0.15, 0.2) is 0 Å². The molecule has 0 saturated heterocycles. The SMILES string of the molecule is c1ccc(-c2cccc(-c3ccc4sc5ccc(-c6ccc(N(c7ccc8c(c7)sc7ccccc78)c7ccc8c(c7)sc7ccccc78)cc6N(c6ccccc6)c6ccccc6)cc5c4c3)c2)cc1. The Morgan fingerprint density at radius 1 is 0.211 bits per heavy atom. The lowest BCUT2D eigenvalue weighted by molar-refractivity contribution is 1.25. The number of para-hydroxylation sites is 2. The number of nitrogens with zero attached hydrogens (tertiary/aromatic N) is 2. The first-order valence-corrected chi connectivity index (χ1v) is 26.4. The van der Waals surface area contributed by atoms with Gasteiger partial charge in [0.25, 0.3) is 0 Å². The van der Waals surface area contributed by atoms with Gasteiger partial charge in [0.05, 0.1) is 5.69 Å². The zero-order chi connectivity index (χ0) is 46.8. The normalized spacial score (nSPS) is 11.7. The summed E-state index contributed by atoms with van der Waals surface area (Å²) in [5, 5.41) is 7.71. The van der Waals surface area contributed by atoms with Gasteiger partial charge >= 0.3 is 0 Å². The van der Waals surface area contributed by atoms with Crippen LogP contribution >= 0.6 is 34.0 Å². The Morgan fingerprint density at radius 3 is 1.24 bits per heavy atom. The summed E-state index contributed by atoms with van der Waals surface area (Å²) in [6.45, 7) is 0. The van der Waals surface area contributed by atoms with Crippen molar-refractivity contribution in [2.45, 2.75) is 0 Å². The number of hydrogen-bond donors (Lipinski definition) is 0. The number of thiophene rings is 3. The third-order valence-corrected chi connectivity index (χ3v) is 17.3. The molecular weight excluding hydrogens is 917 g/mol. The van der Waals surface area contributed by atoms with E-state index in [0.29, 0.717) is 0 Å². The quantitative estimate of drug-likeness (QED) is 0.142. The molecule has 14 aromatic rings. The van der Waals surface area contributed by atoms with E-state index >= 15 is 0 Å². The zero-order valence-corrected chi connectivity index (χ0v) is 40.8. The summed E-state index contributed by atoms with van der Waals surface area (Å²) in [4.78, 5) is 4.88. The lowest BCUT2D eigenvalue weighted by Crippen LogP contribution is -2.14. The molecule has 0 atom stereocenters. The monoisotopic (exact) mass is 958 g/mol. The Hall–Kier alpha value is -8.32. The summed E-state index contributed by atoms with van der Waals surface area (Å²) in [7, 11) is 0. The molecule has 0 fully saturated rings. The van der Waals surface area contributed by atoms with E-state index < -0.39 is 0 Å². The lowest BCUT2D eigenvalue weighted by atomic mass is 9.96. The predicted molar refractivity (Wildman–Crippen MR) is 311 cm³/mol. The minimum absolute atomic E-state index is 1.07. The fourth-order valence-corrected chi connectivity index (χ4v) is 13.8. The summed E-state index contributed by atoms with van der Waals surface area (Å²) in [5.74, 6) is 0. The topological polar surface area (TPSA) is 6.48 Å². The highest BCUT2D eigenvalue weighted by Gasteiger charge is 2.23. The minimum atomic E-state index is 1.07. The van der Waals surface area contributed by atoms with Crippen molar-refractivity contribution in [3.63, 3.8) is 0 Å². The number of benzene rings is 11. The van der Waals surface area contributed by atoms with Gasteiger partial charge in [-0.3, -0.25) is 0 Å². The summed E-state index contributed by atoms with van der Waals surface area (Å²) in [5.41, 5.74) is 13.8. The summed E-state index contributed by atoms with van der Waals surface area (Å²) >= 11 is 5.59. The molecule has 0 spiro atoms. The van der Waals surface area contributed by atoms with Gasteiger partial charge in [0.1, 0.15) is 0 Å². The van der Waals surface area contributed by atoms with Gasteiger partial charge in [-0.1, -0.05) is 152 Å². The van der Waals surface area contributed by atoms with E-state index in [9.17, 15) is 0 Å². The molecule has 0 saturated carbocycles. The first kappa shape index (κ1) is 41.6. The van der Waals surface area contributed by atoms with Crippen LogP contribution in [0.15, 0.2) is 255 Å². The van der Waals surface area contributed by atoms with Crippen LogP contribution in [-0.2, 0) is 0 Å². The van der Waals surface area contributed by atoms with Crippen LogP contribution in [0.3, 0.4) is 0 Å². The van der Waals surface area contributed by atoms with E-state index in [1.165, 1.54) is 82.8 Å². The third-order valence-electron chi connectivity index (χ3n) is 13.8. The molecule has 11 aromatic carbocycles. The molecule has 14 rings (SSSR count). The van der Waals surface area contributed by atoms with E-state index in [-0.39, 0.29) is 0 Å². The van der Waals surface area contributed by atoms with Gasteiger partial charge in [0, 0.05) is 94.5 Å². The van der Waals surface area contributed by atoms with E-state index in [2.05, 4.69) is 265 Å². The average Bonchev–Trinajstić information content (AvgIpc) is 4.12. The van der Waals surface area contributed by atoms with Crippen LogP contribution in [-0.4, -0.2) is 0 Å². The smallest absolute Gasteiger partial charge is 0.0560 e. The maximum absolute atomic E-state index is 2.46. The van der Waals surface area contributed by atoms with E-state index in [1.807, 2.05) is 34.0 Å². The van der Waals surface area contributed by atoms with Gasteiger partial charge in [0.2, 0.25) is 0 Å². The number of hydrogen-bond acceptors (Lipinski definition) is 5. The van der Waals surface area contributed by atoms with Gasteiger partial charge < -0.3 is 9.80 Å². The van der Waals surface area contributed by atoms with E-state index in [4.69, 9.17) is 0 Å². The second-order valence-electron chi connectivity index (χ2n) is 18.1. The van der Waals surface area contributed by atoms with Gasteiger partial charge in [-0.25, -0.2) is 0 Å². The molecule has 0 bridgehead atoms. The van der Waals surface area contributed by atoms with Gasteiger partial charge in [-0.2, -0.15) is 0 Å². The van der Waals surface area contributed by atoms with Crippen molar-refractivity contribution in [2.24, 2.45) is 0 Å². The first-order valence-electron chi connectivity index (χ1n) is 24.0. The van der Waals surface area contributed by atoms with Crippen LogP contribution in [0.1, 0.15) is 0 Å². The number of fused-ring (bicyclic) bond motifs is 9. The molecule has 3 aromatic heterocycles. The van der Waals surface area contributed by atoms with Crippen LogP contribution in [0.4, 0.5) is 34.1 Å². The maximum Gasteiger partial charge on any atom is 0.0560 e. The van der Waals surface area contributed by atoms with Crippen LogP contribution in [0.25, 0.3) is 93.9 Å². The molecule has 3 heterocycles. The van der Waals surface area contributed by atoms with Gasteiger partial charge in [-0.05, 0) is 131 Å². The van der Waals surface area contributed by atoms with Crippen molar-refractivity contribution in [1.82, 2.24) is 0 Å². The lowest BCUT2D eigenvalue weighted by Gasteiger charge is -2.31. The highest BCUT2D eigenvalue weighted by molar-refractivity contribution is 7.26. The molecule has 0 amide bonds. The van der Waals surface area contributed by atoms with Crippen molar-refractivity contribution in [3.05, 3.63) is 255 Å². The molecule has 334 valence electrons. The van der Waals surface area contributed by atoms with Crippen LogP contribution in [0.2, 0.25) is 0 Å². The molecule has 0 radical (unpaired) electrons. The van der Waals surface area contributed by atoms with E-state index in [1.54, 1.807) is 0 Å². The average molecular weight is 959 g/mol. The maximum atomic E-state index is 2.46. The Kier molecular flexibility index (Phi) is 10.1.